The van der Waals surface area contributed by atoms with Crippen LogP contribution in [0.25, 0.3) is 0 Å². The third-order valence-corrected chi connectivity index (χ3v) is 3.07. The smallest absolute Gasteiger partial charge is 0.257 e. The molecule has 0 aromatic carbocycles. The van der Waals surface area contributed by atoms with E-state index in [4.69, 9.17) is 5.84 Å². The lowest BCUT2D eigenvalue weighted by molar-refractivity contribution is 0.0784. The number of hydrogen-bond donors (Lipinski definition) is 2. The average Bonchev–Trinajstić information content (AvgIpc) is 2.90. The number of carbonyl (C=O) groups is 1. The summed E-state index contributed by atoms with van der Waals surface area (Å²) in [4.78, 5) is 21.9. The molecule has 2 heterocycles. The number of pyridine rings is 1. The number of anilines is 1. The molecule has 94 valence electrons. The zero-order valence-corrected chi connectivity index (χ0v) is 10.6. The van der Waals surface area contributed by atoms with Gasteiger partial charge in [-0.15, -0.1) is 11.3 Å². The average molecular weight is 263 g/mol. The van der Waals surface area contributed by atoms with Crippen LogP contribution in [0.1, 0.15) is 16.1 Å². The van der Waals surface area contributed by atoms with Crippen molar-refractivity contribution < 1.29 is 4.79 Å². The predicted molar refractivity (Wildman–Crippen MR) is 70.0 cm³/mol. The highest BCUT2D eigenvalue weighted by molar-refractivity contribution is 7.07. The van der Waals surface area contributed by atoms with Gasteiger partial charge in [-0.05, 0) is 6.07 Å². The molecule has 0 bridgehead atoms. The predicted octanol–water partition coefficient (Wildman–Crippen LogP) is 1.10. The maximum absolute atomic E-state index is 12.2. The monoisotopic (exact) mass is 263 g/mol. The summed E-state index contributed by atoms with van der Waals surface area (Å²) in [5.41, 5.74) is 6.09. The summed E-state index contributed by atoms with van der Waals surface area (Å²) in [5, 5.41) is 1.91. The van der Waals surface area contributed by atoms with Crippen molar-refractivity contribution in [1.82, 2.24) is 14.9 Å². The number of aromatic nitrogens is 2. The Morgan fingerprint density at radius 3 is 3.11 bits per heavy atom. The second kappa shape index (κ2) is 5.56. The second-order valence-electron chi connectivity index (χ2n) is 3.71. The molecule has 18 heavy (non-hydrogen) atoms. The molecule has 0 aliphatic heterocycles. The molecule has 1 amide bonds. The van der Waals surface area contributed by atoms with Crippen LogP contribution in [0, 0.1) is 0 Å². The van der Waals surface area contributed by atoms with Gasteiger partial charge in [0.15, 0.2) is 0 Å². The van der Waals surface area contributed by atoms with Crippen molar-refractivity contribution in [1.29, 1.82) is 0 Å². The van der Waals surface area contributed by atoms with Gasteiger partial charge in [0, 0.05) is 24.8 Å². The molecule has 0 saturated carbocycles. The highest BCUT2D eigenvalue weighted by Crippen LogP contribution is 2.15. The highest BCUT2D eigenvalue weighted by atomic mass is 32.1. The van der Waals surface area contributed by atoms with Crippen LogP contribution in [0.2, 0.25) is 0 Å². The summed E-state index contributed by atoms with van der Waals surface area (Å²) in [5.74, 6) is 5.22. The quantitative estimate of drug-likeness (QED) is 0.637. The van der Waals surface area contributed by atoms with Gasteiger partial charge in [-0.25, -0.2) is 4.98 Å². The Bertz CT molecular complexity index is 528. The Labute approximate surface area is 108 Å². The van der Waals surface area contributed by atoms with E-state index in [0.29, 0.717) is 17.8 Å². The molecule has 2 aromatic heterocycles. The van der Waals surface area contributed by atoms with E-state index in [1.165, 1.54) is 17.5 Å². The van der Waals surface area contributed by atoms with E-state index in [1.807, 2.05) is 5.38 Å². The zero-order chi connectivity index (χ0) is 13.0. The minimum absolute atomic E-state index is 0.149. The fourth-order valence-electron chi connectivity index (χ4n) is 1.53. The molecular weight excluding hydrogens is 250 g/mol. The van der Waals surface area contributed by atoms with Crippen LogP contribution in [-0.4, -0.2) is 27.8 Å². The summed E-state index contributed by atoms with van der Waals surface area (Å²) in [6, 6.07) is 1.66. The van der Waals surface area contributed by atoms with E-state index in [1.54, 1.807) is 29.7 Å². The van der Waals surface area contributed by atoms with Crippen molar-refractivity contribution in [2.24, 2.45) is 5.84 Å². The molecule has 0 unspecified atom stereocenters. The van der Waals surface area contributed by atoms with Gasteiger partial charge in [-0.3, -0.25) is 15.6 Å². The number of rotatable bonds is 4. The van der Waals surface area contributed by atoms with Crippen LogP contribution < -0.4 is 11.3 Å². The van der Waals surface area contributed by atoms with E-state index < -0.39 is 0 Å². The van der Waals surface area contributed by atoms with Crippen LogP contribution in [-0.2, 0) is 6.54 Å². The number of thiazole rings is 1. The number of hydrogen-bond acceptors (Lipinski definition) is 6. The first-order valence-corrected chi connectivity index (χ1v) is 6.20. The lowest BCUT2D eigenvalue weighted by Crippen LogP contribution is -2.27. The Morgan fingerprint density at radius 1 is 1.61 bits per heavy atom. The third-order valence-electron chi connectivity index (χ3n) is 2.44. The molecule has 0 aliphatic carbocycles. The third kappa shape index (κ3) is 2.63. The van der Waals surface area contributed by atoms with Gasteiger partial charge in [-0.2, -0.15) is 0 Å². The van der Waals surface area contributed by atoms with E-state index >= 15 is 0 Å². The number of nitrogens with zero attached hydrogens (tertiary/aromatic N) is 3. The molecule has 0 saturated heterocycles. The lowest BCUT2D eigenvalue weighted by Gasteiger charge is -2.17. The van der Waals surface area contributed by atoms with Crippen molar-refractivity contribution in [3.8, 4) is 0 Å². The van der Waals surface area contributed by atoms with Crippen molar-refractivity contribution in [2.75, 3.05) is 12.5 Å². The van der Waals surface area contributed by atoms with Crippen LogP contribution in [0.15, 0.2) is 29.4 Å². The standard InChI is InChI=1S/C11H13N5OS/c1-16(5-8-6-18-7-14-8)11(17)9-4-13-3-2-10(9)15-12/h2-4,6-7H,5,12H2,1H3,(H,13,15). The molecule has 0 atom stereocenters. The van der Waals surface area contributed by atoms with Crippen LogP contribution in [0.3, 0.4) is 0 Å². The highest BCUT2D eigenvalue weighted by Gasteiger charge is 2.16. The van der Waals surface area contributed by atoms with Gasteiger partial charge in [-0.1, -0.05) is 0 Å². The second-order valence-corrected chi connectivity index (χ2v) is 4.43. The molecule has 2 rings (SSSR count). The Kier molecular flexibility index (Phi) is 3.85. The van der Waals surface area contributed by atoms with Crippen LogP contribution in [0.5, 0.6) is 0 Å². The maximum atomic E-state index is 12.2. The van der Waals surface area contributed by atoms with Crippen LogP contribution >= 0.6 is 11.3 Å². The maximum Gasteiger partial charge on any atom is 0.257 e. The molecule has 2 aromatic rings. The number of hydrazine groups is 1. The van der Waals surface area contributed by atoms with Crippen molar-refractivity contribution in [3.05, 3.63) is 40.6 Å². The molecule has 0 spiro atoms. The Morgan fingerprint density at radius 2 is 2.44 bits per heavy atom. The fourth-order valence-corrected chi connectivity index (χ4v) is 2.08. The van der Waals surface area contributed by atoms with Gasteiger partial charge in [0.1, 0.15) is 0 Å². The van der Waals surface area contributed by atoms with Crippen molar-refractivity contribution in [2.45, 2.75) is 6.54 Å². The Hall–Kier alpha value is -1.99. The summed E-state index contributed by atoms with van der Waals surface area (Å²) >= 11 is 1.50. The van der Waals surface area contributed by atoms with Crippen LogP contribution in [0.4, 0.5) is 5.69 Å². The summed E-state index contributed by atoms with van der Waals surface area (Å²) < 4.78 is 0. The molecule has 3 N–H and O–H groups in total. The molecular formula is C11H13N5OS. The zero-order valence-electron chi connectivity index (χ0n) is 9.83. The van der Waals surface area contributed by atoms with Gasteiger partial charge in [0.25, 0.3) is 5.91 Å². The van der Waals surface area contributed by atoms with E-state index in [0.717, 1.165) is 5.69 Å². The number of nitrogen functional groups attached to an aromatic ring is 1. The minimum Gasteiger partial charge on any atom is -0.336 e. The molecule has 6 nitrogen and oxygen atoms in total. The van der Waals surface area contributed by atoms with Gasteiger partial charge in [0.05, 0.1) is 29.0 Å². The summed E-state index contributed by atoms with van der Waals surface area (Å²) in [7, 11) is 1.72. The number of nitrogens with two attached hydrogens (primary N) is 1. The van der Waals surface area contributed by atoms with E-state index in [9.17, 15) is 4.79 Å². The minimum atomic E-state index is -0.149. The van der Waals surface area contributed by atoms with E-state index in [-0.39, 0.29) is 5.91 Å². The summed E-state index contributed by atoms with van der Waals surface area (Å²) in [6.45, 7) is 0.460. The van der Waals surface area contributed by atoms with E-state index in [2.05, 4.69) is 15.4 Å². The first kappa shape index (κ1) is 12.5. The number of amides is 1. The molecule has 0 aliphatic rings. The first-order valence-electron chi connectivity index (χ1n) is 5.25. The topological polar surface area (TPSA) is 84.1 Å². The Balaban J connectivity index is 2.15. The van der Waals surface area contributed by atoms with Gasteiger partial charge < -0.3 is 10.3 Å². The van der Waals surface area contributed by atoms with Crippen molar-refractivity contribution >= 4 is 22.9 Å². The number of carbonyl (C=O) groups excluding carboxylic acids is 1. The lowest BCUT2D eigenvalue weighted by atomic mass is 10.2. The van der Waals surface area contributed by atoms with Gasteiger partial charge >= 0.3 is 0 Å². The molecule has 7 heteroatoms. The van der Waals surface area contributed by atoms with Crippen molar-refractivity contribution in [3.63, 3.8) is 0 Å². The number of nitrogens with one attached hydrogen (secondary N) is 1. The first-order chi connectivity index (χ1) is 8.72. The molecule has 0 fully saturated rings. The summed E-state index contributed by atoms with van der Waals surface area (Å²) in [6.07, 6.45) is 3.07. The van der Waals surface area contributed by atoms with Gasteiger partial charge in [0.2, 0.25) is 0 Å². The normalized spacial score (nSPS) is 10.1. The SMILES string of the molecule is CN(Cc1cscn1)C(=O)c1cnccc1NN. The largest absolute Gasteiger partial charge is 0.336 e. The molecule has 0 radical (unpaired) electrons. The fraction of sp³-hybridized carbons (Fsp3) is 0.182.